The summed E-state index contributed by atoms with van der Waals surface area (Å²) in [6.45, 7) is 0. The van der Waals surface area contributed by atoms with Crippen molar-refractivity contribution in [2.45, 2.75) is 5.92 Å². The molecule has 4 heteroatoms. The third-order valence-corrected chi connectivity index (χ3v) is 1.86. The molecule has 0 spiro atoms. The van der Waals surface area contributed by atoms with Gasteiger partial charge in [0, 0.05) is 0 Å². The van der Waals surface area contributed by atoms with Crippen molar-refractivity contribution in [3.63, 3.8) is 0 Å². The van der Waals surface area contributed by atoms with Crippen LogP contribution in [0.3, 0.4) is 0 Å². The first kappa shape index (κ1) is 10.2. The van der Waals surface area contributed by atoms with E-state index >= 15 is 0 Å². The monoisotopic (exact) mass is 194 g/mol. The summed E-state index contributed by atoms with van der Waals surface area (Å²) in [5.74, 6) is -1.74. The molecule has 0 heterocycles. The van der Waals surface area contributed by atoms with Crippen molar-refractivity contribution in [2.75, 3.05) is 7.11 Å². The minimum absolute atomic E-state index is 0.400. The Kier molecular flexibility index (Phi) is 3.23. The van der Waals surface area contributed by atoms with Crippen LogP contribution in [0.25, 0.3) is 0 Å². The summed E-state index contributed by atoms with van der Waals surface area (Å²) in [6.07, 6.45) is 0.400. The van der Waals surface area contributed by atoms with Gasteiger partial charge in [-0.25, -0.2) is 0 Å². The number of carbonyl (C=O) groups is 2. The molecule has 1 rings (SSSR count). The molecule has 0 aromatic heterocycles. The molecule has 1 aromatic rings. The van der Waals surface area contributed by atoms with E-state index in [0.29, 0.717) is 17.6 Å². The van der Waals surface area contributed by atoms with Gasteiger partial charge in [0.05, 0.1) is 7.11 Å². The first-order valence-corrected chi connectivity index (χ1v) is 4.01. The van der Waals surface area contributed by atoms with Crippen molar-refractivity contribution in [1.82, 2.24) is 0 Å². The number of hydrogen-bond donors (Lipinski definition) is 1. The molecule has 0 aliphatic carbocycles. The molecular formula is C10H10O4. The lowest BCUT2D eigenvalue weighted by atomic mass is 10.0. The van der Waals surface area contributed by atoms with E-state index in [1.54, 1.807) is 18.2 Å². The molecule has 0 radical (unpaired) electrons. The van der Waals surface area contributed by atoms with Crippen LogP contribution in [0.2, 0.25) is 0 Å². The predicted octanol–water partition coefficient (Wildman–Crippen LogP) is 1.06. The zero-order chi connectivity index (χ0) is 10.6. The van der Waals surface area contributed by atoms with E-state index in [1.807, 2.05) is 0 Å². The Morgan fingerprint density at radius 2 is 2.29 bits per heavy atom. The van der Waals surface area contributed by atoms with Crippen molar-refractivity contribution in [1.29, 1.82) is 0 Å². The molecule has 0 aliphatic rings. The molecule has 14 heavy (non-hydrogen) atoms. The zero-order valence-corrected chi connectivity index (χ0v) is 7.64. The molecule has 0 aliphatic heterocycles. The Hall–Kier alpha value is -1.84. The maximum Gasteiger partial charge on any atom is 0.318 e. The van der Waals surface area contributed by atoms with E-state index in [4.69, 9.17) is 9.84 Å². The summed E-state index contributed by atoms with van der Waals surface area (Å²) in [5, 5.41) is 8.72. The van der Waals surface area contributed by atoms with Gasteiger partial charge in [0.2, 0.25) is 0 Å². The molecule has 74 valence electrons. The second-order valence-electron chi connectivity index (χ2n) is 2.73. The highest BCUT2D eigenvalue weighted by molar-refractivity contribution is 5.92. The highest BCUT2D eigenvalue weighted by atomic mass is 16.5. The van der Waals surface area contributed by atoms with Crippen LogP contribution in [0.4, 0.5) is 0 Å². The van der Waals surface area contributed by atoms with Crippen LogP contribution >= 0.6 is 0 Å². The van der Waals surface area contributed by atoms with Gasteiger partial charge in [0.15, 0.2) is 0 Å². The van der Waals surface area contributed by atoms with Crippen LogP contribution in [0.15, 0.2) is 24.3 Å². The van der Waals surface area contributed by atoms with E-state index in [1.165, 1.54) is 13.2 Å². The number of carbonyl (C=O) groups excluding carboxylic acids is 1. The maximum absolute atomic E-state index is 10.7. The van der Waals surface area contributed by atoms with Crippen LogP contribution in [0.1, 0.15) is 11.5 Å². The van der Waals surface area contributed by atoms with Gasteiger partial charge in [0.25, 0.3) is 0 Å². The SMILES string of the molecule is COc1cccc(C(C=O)C(=O)O)c1. The van der Waals surface area contributed by atoms with E-state index in [0.717, 1.165) is 0 Å². The van der Waals surface area contributed by atoms with Gasteiger partial charge in [0.1, 0.15) is 18.0 Å². The molecule has 1 aromatic carbocycles. The number of carboxylic acids is 1. The van der Waals surface area contributed by atoms with Gasteiger partial charge in [-0.3, -0.25) is 4.79 Å². The summed E-state index contributed by atoms with van der Waals surface area (Å²) in [6, 6.07) is 6.45. The van der Waals surface area contributed by atoms with Crippen LogP contribution in [-0.4, -0.2) is 24.5 Å². The van der Waals surface area contributed by atoms with Gasteiger partial charge in [-0.15, -0.1) is 0 Å². The number of methoxy groups -OCH3 is 1. The van der Waals surface area contributed by atoms with E-state index in [-0.39, 0.29) is 0 Å². The summed E-state index contributed by atoms with van der Waals surface area (Å²) < 4.78 is 4.92. The lowest BCUT2D eigenvalue weighted by Crippen LogP contribution is -2.12. The van der Waals surface area contributed by atoms with Crippen LogP contribution < -0.4 is 4.74 Å². The third-order valence-electron chi connectivity index (χ3n) is 1.86. The quantitative estimate of drug-likeness (QED) is 0.575. The maximum atomic E-state index is 10.7. The minimum atomic E-state index is -1.16. The van der Waals surface area contributed by atoms with Crippen LogP contribution in [0.5, 0.6) is 5.75 Å². The average molecular weight is 194 g/mol. The Morgan fingerprint density at radius 3 is 2.79 bits per heavy atom. The molecule has 1 atom stereocenters. The highest BCUT2D eigenvalue weighted by Gasteiger charge is 2.18. The van der Waals surface area contributed by atoms with Gasteiger partial charge in [-0.1, -0.05) is 12.1 Å². The number of rotatable bonds is 4. The fraction of sp³-hybridized carbons (Fsp3) is 0.200. The van der Waals surface area contributed by atoms with Gasteiger partial charge in [-0.05, 0) is 17.7 Å². The van der Waals surface area contributed by atoms with Crippen molar-refractivity contribution in [3.05, 3.63) is 29.8 Å². The number of hydrogen-bond acceptors (Lipinski definition) is 3. The molecule has 0 amide bonds. The largest absolute Gasteiger partial charge is 0.497 e. The summed E-state index contributed by atoms with van der Waals surface area (Å²) in [4.78, 5) is 21.2. The van der Waals surface area contributed by atoms with Crippen molar-refractivity contribution >= 4 is 12.3 Å². The number of ether oxygens (including phenoxy) is 1. The topological polar surface area (TPSA) is 63.6 Å². The second-order valence-corrected chi connectivity index (χ2v) is 2.73. The minimum Gasteiger partial charge on any atom is -0.497 e. The van der Waals surface area contributed by atoms with Gasteiger partial charge in [-0.2, -0.15) is 0 Å². The number of benzene rings is 1. The normalized spacial score (nSPS) is 11.8. The Morgan fingerprint density at radius 1 is 1.57 bits per heavy atom. The first-order valence-electron chi connectivity index (χ1n) is 4.01. The molecule has 0 bridgehead atoms. The lowest BCUT2D eigenvalue weighted by molar-refractivity contribution is -0.140. The van der Waals surface area contributed by atoms with Crippen molar-refractivity contribution < 1.29 is 19.4 Å². The fourth-order valence-corrected chi connectivity index (χ4v) is 1.11. The van der Waals surface area contributed by atoms with Crippen LogP contribution in [-0.2, 0) is 9.59 Å². The van der Waals surface area contributed by atoms with Crippen LogP contribution in [0, 0.1) is 0 Å². The van der Waals surface area contributed by atoms with E-state index in [2.05, 4.69) is 0 Å². The van der Waals surface area contributed by atoms with Crippen molar-refractivity contribution in [2.24, 2.45) is 0 Å². The van der Waals surface area contributed by atoms with Gasteiger partial charge < -0.3 is 14.6 Å². The van der Waals surface area contributed by atoms with E-state index < -0.39 is 11.9 Å². The Balaban J connectivity index is 3.04. The molecule has 1 unspecified atom stereocenters. The summed E-state index contributed by atoms with van der Waals surface area (Å²) >= 11 is 0. The lowest BCUT2D eigenvalue weighted by Gasteiger charge is -2.06. The summed E-state index contributed by atoms with van der Waals surface area (Å²) in [5.41, 5.74) is 0.423. The van der Waals surface area contributed by atoms with E-state index in [9.17, 15) is 9.59 Å². The third kappa shape index (κ3) is 2.10. The molecule has 4 nitrogen and oxygen atoms in total. The second kappa shape index (κ2) is 4.41. The Labute approximate surface area is 81.1 Å². The van der Waals surface area contributed by atoms with Crippen molar-refractivity contribution in [3.8, 4) is 5.75 Å². The molecule has 1 N–H and O–H groups in total. The number of carboxylic acid groups (broad SMARTS) is 1. The standard InChI is InChI=1S/C10H10O4/c1-14-8-4-2-3-7(5-8)9(6-11)10(12)13/h2-6,9H,1H3,(H,12,13). The number of aliphatic carboxylic acids is 1. The smallest absolute Gasteiger partial charge is 0.318 e. The zero-order valence-electron chi connectivity index (χ0n) is 7.64. The highest BCUT2D eigenvalue weighted by Crippen LogP contribution is 2.19. The molecule has 0 saturated carbocycles. The fourth-order valence-electron chi connectivity index (χ4n) is 1.11. The average Bonchev–Trinajstić information content (AvgIpc) is 2.19. The summed E-state index contributed by atoms with van der Waals surface area (Å²) in [7, 11) is 1.48. The molecular weight excluding hydrogens is 184 g/mol. The predicted molar refractivity (Wildman–Crippen MR) is 49.4 cm³/mol. The molecule has 0 saturated heterocycles. The first-order chi connectivity index (χ1) is 6.69. The number of aldehydes is 1. The van der Waals surface area contributed by atoms with Gasteiger partial charge >= 0.3 is 5.97 Å². The molecule has 0 fully saturated rings. The Bertz CT molecular complexity index is 346.